The van der Waals surface area contributed by atoms with Gasteiger partial charge in [-0.15, -0.1) is 0 Å². The molecule has 0 aliphatic carbocycles. The molecule has 0 saturated heterocycles. The van der Waals surface area contributed by atoms with Gasteiger partial charge in [-0.25, -0.2) is 4.98 Å². The Kier molecular flexibility index (Phi) is 2.49. The second-order valence-corrected chi connectivity index (χ2v) is 3.11. The molecule has 0 saturated carbocycles. The molecule has 1 aromatic carbocycles. The van der Waals surface area contributed by atoms with Crippen LogP contribution in [0.4, 0.5) is 5.69 Å². The van der Waals surface area contributed by atoms with Gasteiger partial charge in [-0.05, 0) is 31.2 Å². The second-order valence-electron chi connectivity index (χ2n) is 3.11. The van der Waals surface area contributed by atoms with Crippen LogP contribution in [0, 0.1) is 6.92 Å². The van der Waals surface area contributed by atoms with Crippen LogP contribution < -0.4 is 10.5 Å². The molecule has 0 radical (unpaired) electrons. The van der Waals surface area contributed by atoms with Crippen molar-refractivity contribution < 1.29 is 4.74 Å². The number of nitrogens with zero attached hydrogens (tertiary/aromatic N) is 2. The fourth-order valence-corrected chi connectivity index (χ4v) is 1.15. The number of nitrogen functional groups attached to an aromatic ring is 1. The predicted molar refractivity (Wildman–Crippen MR) is 57.7 cm³/mol. The van der Waals surface area contributed by atoms with Gasteiger partial charge in [-0.2, -0.15) is 4.98 Å². The molecule has 15 heavy (non-hydrogen) atoms. The molecule has 0 spiro atoms. The number of anilines is 1. The van der Waals surface area contributed by atoms with Gasteiger partial charge >= 0.3 is 0 Å². The molecule has 76 valence electrons. The summed E-state index contributed by atoms with van der Waals surface area (Å²) in [7, 11) is 0. The van der Waals surface area contributed by atoms with Crippen molar-refractivity contribution in [2.75, 3.05) is 5.73 Å². The van der Waals surface area contributed by atoms with Crippen molar-refractivity contribution in [1.82, 2.24) is 9.97 Å². The summed E-state index contributed by atoms with van der Waals surface area (Å²) < 4.78 is 5.51. The van der Waals surface area contributed by atoms with Crippen LogP contribution in [0.25, 0.3) is 0 Å². The lowest BCUT2D eigenvalue weighted by Gasteiger charge is -2.04. The van der Waals surface area contributed by atoms with Gasteiger partial charge in [-0.3, -0.25) is 0 Å². The van der Waals surface area contributed by atoms with Crippen molar-refractivity contribution >= 4 is 5.69 Å². The molecular formula is C11H11N3O. The van der Waals surface area contributed by atoms with Gasteiger partial charge in [0.05, 0.1) is 0 Å². The monoisotopic (exact) mass is 201 g/mol. The Morgan fingerprint density at radius 1 is 1.13 bits per heavy atom. The van der Waals surface area contributed by atoms with E-state index >= 15 is 0 Å². The molecule has 4 nitrogen and oxygen atoms in total. The largest absolute Gasteiger partial charge is 0.439 e. The molecule has 4 heteroatoms. The summed E-state index contributed by atoms with van der Waals surface area (Å²) >= 11 is 0. The highest BCUT2D eigenvalue weighted by atomic mass is 16.5. The van der Waals surface area contributed by atoms with Crippen LogP contribution in [0.5, 0.6) is 11.6 Å². The van der Waals surface area contributed by atoms with Crippen LogP contribution in [-0.4, -0.2) is 9.97 Å². The van der Waals surface area contributed by atoms with E-state index in [0.29, 0.717) is 23.1 Å². The smallest absolute Gasteiger partial charge is 0.222 e. The Labute approximate surface area is 87.7 Å². The number of rotatable bonds is 2. The average molecular weight is 201 g/mol. The topological polar surface area (TPSA) is 61.0 Å². The molecule has 0 unspecified atom stereocenters. The fourth-order valence-electron chi connectivity index (χ4n) is 1.15. The quantitative estimate of drug-likeness (QED) is 0.756. The molecule has 0 aliphatic rings. The predicted octanol–water partition coefficient (Wildman–Crippen LogP) is 2.16. The lowest BCUT2D eigenvalue weighted by molar-refractivity contribution is 0.460. The standard InChI is InChI=1S/C11H11N3O/c1-8-13-7-6-11(14-8)15-10-4-2-9(12)3-5-10/h2-7H,12H2,1H3. The number of benzene rings is 1. The summed E-state index contributed by atoms with van der Waals surface area (Å²) in [6.07, 6.45) is 1.66. The Bertz CT molecular complexity index is 454. The zero-order valence-corrected chi connectivity index (χ0v) is 8.34. The number of nitrogens with two attached hydrogens (primary N) is 1. The van der Waals surface area contributed by atoms with Crippen LogP contribution in [0.3, 0.4) is 0 Å². The first-order valence-corrected chi connectivity index (χ1v) is 4.57. The fraction of sp³-hybridized carbons (Fsp3) is 0.0909. The summed E-state index contributed by atoms with van der Waals surface area (Å²) in [5, 5.41) is 0. The van der Waals surface area contributed by atoms with Gasteiger partial charge in [0.2, 0.25) is 5.88 Å². The minimum atomic E-state index is 0.535. The Morgan fingerprint density at radius 2 is 1.87 bits per heavy atom. The van der Waals surface area contributed by atoms with E-state index in [1.165, 1.54) is 0 Å². The van der Waals surface area contributed by atoms with E-state index in [-0.39, 0.29) is 0 Å². The van der Waals surface area contributed by atoms with Crippen molar-refractivity contribution in [3.05, 3.63) is 42.4 Å². The van der Waals surface area contributed by atoms with Gasteiger partial charge in [0, 0.05) is 18.0 Å². The lowest BCUT2D eigenvalue weighted by Crippen LogP contribution is -1.92. The molecule has 0 amide bonds. The summed E-state index contributed by atoms with van der Waals surface area (Å²) in [5.74, 6) is 1.93. The molecule has 0 aliphatic heterocycles. The van der Waals surface area contributed by atoms with Gasteiger partial charge in [0.25, 0.3) is 0 Å². The van der Waals surface area contributed by atoms with Crippen molar-refractivity contribution in [3.63, 3.8) is 0 Å². The first-order chi connectivity index (χ1) is 7.24. The highest BCUT2D eigenvalue weighted by molar-refractivity contribution is 5.42. The van der Waals surface area contributed by atoms with Crippen molar-refractivity contribution in [1.29, 1.82) is 0 Å². The summed E-state index contributed by atoms with van der Waals surface area (Å²) in [4.78, 5) is 8.11. The maximum Gasteiger partial charge on any atom is 0.222 e. The number of hydrogen-bond donors (Lipinski definition) is 1. The zero-order chi connectivity index (χ0) is 10.7. The number of hydrogen-bond acceptors (Lipinski definition) is 4. The summed E-state index contributed by atoms with van der Waals surface area (Å²) in [6.45, 7) is 1.82. The van der Waals surface area contributed by atoms with Crippen LogP contribution in [0.15, 0.2) is 36.5 Å². The summed E-state index contributed by atoms with van der Waals surface area (Å²) in [5.41, 5.74) is 6.27. The van der Waals surface area contributed by atoms with Gasteiger partial charge in [-0.1, -0.05) is 0 Å². The molecular weight excluding hydrogens is 190 g/mol. The van der Waals surface area contributed by atoms with Crippen LogP contribution >= 0.6 is 0 Å². The number of ether oxygens (including phenoxy) is 1. The molecule has 2 rings (SSSR count). The molecule has 1 heterocycles. The van der Waals surface area contributed by atoms with Crippen molar-refractivity contribution in [2.45, 2.75) is 6.92 Å². The SMILES string of the molecule is Cc1nccc(Oc2ccc(N)cc2)n1. The second kappa shape index (κ2) is 3.96. The van der Waals surface area contributed by atoms with Gasteiger partial charge in [0.15, 0.2) is 0 Å². The minimum absolute atomic E-state index is 0.535. The molecule has 0 bridgehead atoms. The van der Waals surface area contributed by atoms with E-state index in [2.05, 4.69) is 9.97 Å². The minimum Gasteiger partial charge on any atom is -0.439 e. The van der Waals surface area contributed by atoms with Crippen LogP contribution in [0.1, 0.15) is 5.82 Å². The average Bonchev–Trinajstić information content (AvgIpc) is 2.22. The zero-order valence-electron chi connectivity index (χ0n) is 8.34. The third-order valence-electron chi connectivity index (χ3n) is 1.85. The Hall–Kier alpha value is -2.10. The van der Waals surface area contributed by atoms with Crippen molar-refractivity contribution in [3.8, 4) is 11.6 Å². The Morgan fingerprint density at radius 3 is 2.53 bits per heavy atom. The highest BCUT2D eigenvalue weighted by Crippen LogP contribution is 2.19. The lowest BCUT2D eigenvalue weighted by atomic mass is 10.3. The molecule has 0 fully saturated rings. The Balaban J connectivity index is 2.18. The van der Waals surface area contributed by atoms with Crippen LogP contribution in [-0.2, 0) is 0 Å². The van der Waals surface area contributed by atoms with E-state index in [4.69, 9.17) is 10.5 Å². The molecule has 0 atom stereocenters. The third-order valence-corrected chi connectivity index (χ3v) is 1.85. The number of aryl methyl sites for hydroxylation is 1. The van der Waals surface area contributed by atoms with Crippen LogP contribution in [0.2, 0.25) is 0 Å². The van der Waals surface area contributed by atoms with Gasteiger partial charge < -0.3 is 10.5 Å². The third kappa shape index (κ3) is 2.43. The first-order valence-electron chi connectivity index (χ1n) is 4.57. The van der Waals surface area contributed by atoms with E-state index < -0.39 is 0 Å². The maximum absolute atomic E-state index is 5.56. The van der Waals surface area contributed by atoms with E-state index in [9.17, 15) is 0 Å². The molecule has 2 N–H and O–H groups in total. The van der Waals surface area contributed by atoms with Crippen molar-refractivity contribution in [2.24, 2.45) is 0 Å². The van der Waals surface area contributed by atoms with E-state index in [0.717, 1.165) is 0 Å². The summed E-state index contributed by atoms with van der Waals surface area (Å²) in [6, 6.07) is 8.87. The maximum atomic E-state index is 5.56. The van der Waals surface area contributed by atoms with Gasteiger partial charge in [0.1, 0.15) is 11.6 Å². The first kappa shape index (κ1) is 9.45. The molecule has 1 aromatic heterocycles. The van der Waals surface area contributed by atoms with E-state index in [1.54, 1.807) is 36.5 Å². The molecule has 2 aromatic rings. The number of aromatic nitrogens is 2. The van der Waals surface area contributed by atoms with E-state index in [1.807, 2.05) is 6.92 Å². The normalized spacial score (nSPS) is 9.93. The highest BCUT2D eigenvalue weighted by Gasteiger charge is 1.98.